The fourth-order valence-corrected chi connectivity index (χ4v) is 4.54. The van der Waals surface area contributed by atoms with Crippen molar-refractivity contribution < 1.29 is 19.1 Å². The molecule has 2 fully saturated rings. The SMILES string of the molecule is C[C@H]1C2CC(CC2NC(=O)OC(C)(C)C)[C@@H]1C(=O)OCc1ccccc1. The topological polar surface area (TPSA) is 64.6 Å². The number of nitrogens with one attached hydrogen (secondary N) is 1. The summed E-state index contributed by atoms with van der Waals surface area (Å²) in [4.78, 5) is 24.6. The van der Waals surface area contributed by atoms with Crippen LogP contribution in [-0.2, 0) is 20.9 Å². The van der Waals surface area contributed by atoms with E-state index in [0.29, 0.717) is 12.5 Å². The summed E-state index contributed by atoms with van der Waals surface area (Å²) in [5, 5.41) is 3.00. The highest BCUT2D eigenvalue weighted by atomic mass is 16.6. The fourth-order valence-electron chi connectivity index (χ4n) is 4.54. The van der Waals surface area contributed by atoms with Crippen molar-refractivity contribution in [2.24, 2.45) is 23.7 Å². The lowest BCUT2D eigenvalue weighted by molar-refractivity contribution is -0.153. The molecule has 2 aliphatic rings. The Morgan fingerprint density at radius 1 is 1.15 bits per heavy atom. The van der Waals surface area contributed by atoms with Crippen LogP contribution >= 0.6 is 0 Å². The molecule has 3 rings (SSSR count). The number of carbonyl (C=O) groups excluding carboxylic acids is 2. The first-order valence-electron chi connectivity index (χ1n) is 9.44. The molecule has 142 valence electrons. The van der Waals surface area contributed by atoms with Gasteiger partial charge in [0.25, 0.3) is 0 Å². The molecule has 5 heteroatoms. The molecule has 5 nitrogen and oxygen atoms in total. The third-order valence-corrected chi connectivity index (χ3v) is 5.60. The molecule has 1 aromatic carbocycles. The third-order valence-electron chi connectivity index (χ3n) is 5.60. The van der Waals surface area contributed by atoms with Crippen molar-refractivity contribution in [2.45, 2.75) is 58.8 Å². The molecule has 5 atom stereocenters. The number of esters is 1. The summed E-state index contributed by atoms with van der Waals surface area (Å²) in [5.74, 6) is 0.613. The number of fused-ring (bicyclic) bond motifs is 2. The van der Waals surface area contributed by atoms with Crippen LogP contribution in [-0.4, -0.2) is 23.7 Å². The molecular formula is C21H29NO4. The molecule has 0 saturated heterocycles. The van der Waals surface area contributed by atoms with Crippen molar-refractivity contribution in [2.75, 3.05) is 0 Å². The van der Waals surface area contributed by atoms with Crippen LogP contribution in [0.1, 0.15) is 46.1 Å². The molecule has 0 spiro atoms. The maximum Gasteiger partial charge on any atom is 0.407 e. The van der Waals surface area contributed by atoms with E-state index in [4.69, 9.17) is 9.47 Å². The van der Waals surface area contributed by atoms with Gasteiger partial charge in [-0.15, -0.1) is 0 Å². The molecule has 0 radical (unpaired) electrons. The number of amides is 1. The van der Waals surface area contributed by atoms with E-state index in [2.05, 4.69) is 12.2 Å². The van der Waals surface area contributed by atoms with Crippen molar-refractivity contribution in [1.29, 1.82) is 0 Å². The van der Waals surface area contributed by atoms with E-state index >= 15 is 0 Å². The normalized spacial score (nSPS) is 30.1. The van der Waals surface area contributed by atoms with Crippen molar-refractivity contribution >= 4 is 12.1 Å². The maximum atomic E-state index is 12.6. The van der Waals surface area contributed by atoms with Crippen LogP contribution in [0.25, 0.3) is 0 Å². The predicted molar refractivity (Wildman–Crippen MR) is 98.3 cm³/mol. The second-order valence-corrected chi connectivity index (χ2v) is 8.63. The second-order valence-electron chi connectivity index (χ2n) is 8.63. The summed E-state index contributed by atoms with van der Waals surface area (Å²) in [7, 11) is 0. The van der Waals surface area contributed by atoms with E-state index in [-0.39, 0.29) is 35.9 Å². The van der Waals surface area contributed by atoms with Crippen molar-refractivity contribution in [3.8, 4) is 0 Å². The number of rotatable bonds is 4. The Balaban J connectivity index is 1.53. The largest absolute Gasteiger partial charge is 0.461 e. The van der Waals surface area contributed by atoms with E-state index in [9.17, 15) is 9.59 Å². The minimum Gasteiger partial charge on any atom is -0.461 e. The van der Waals surface area contributed by atoms with Gasteiger partial charge < -0.3 is 14.8 Å². The Kier molecular flexibility index (Phi) is 5.26. The molecule has 1 N–H and O–H groups in total. The lowest BCUT2D eigenvalue weighted by Crippen LogP contribution is -2.46. The van der Waals surface area contributed by atoms with Gasteiger partial charge in [-0.3, -0.25) is 4.79 Å². The zero-order valence-electron chi connectivity index (χ0n) is 16.0. The van der Waals surface area contributed by atoms with Crippen molar-refractivity contribution in [1.82, 2.24) is 5.32 Å². The predicted octanol–water partition coefficient (Wildman–Crippen LogP) is 3.92. The fraction of sp³-hybridized carbons (Fsp3) is 0.619. The van der Waals surface area contributed by atoms with Crippen LogP contribution in [0.5, 0.6) is 0 Å². The summed E-state index contributed by atoms with van der Waals surface area (Å²) in [5.41, 5.74) is 0.498. The van der Waals surface area contributed by atoms with Crippen LogP contribution in [0.2, 0.25) is 0 Å². The highest BCUT2D eigenvalue weighted by Crippen LogP contribution is 2.52. The van der Waals surface area contributed by atoms with Gasteiger partial charge in [-0.2, -0.15) is 0 Å². The highest BCUT2D eigenvalue weighted by molar-refractivity contribution is 5.74. The zero-order valence-corrected chi connectivity index (χ0v) is 16.0. The Morgan fingerprint density at radius 2 is 1.85 bits per heavy atom. The van der Waals surface area contributed by atoms with E-state index in [0.717, 1.165) is 18.4 Å². The zero-order chi connectivity index (χ0) is 18.9. The lowest BCUT2D eigenvalue weighted by Gasteiger charge is -2.33. The Morgan fingerprint density at radius 3 is 2.46 bits per heavy atom. The van der Waals surface area contributed by atoms with Gasteiger partial charge in [-0.1, -0.05) is 37.3 Å². The van der Waals surface area contributed by atoms with Gasteiger partial charge in [0, 0.05) is 6.04 Å². The molecule has 1 aromatic rings. The number of hydrogen-bond donors (Lipinski definition) is 1. The van der Waals surface area contributed by atoms with Crippen LogP contribution in [0.3, 0.4) is 0 Å². The molecule has 2 saturated carbocycles. The van der Waals surface area contributed by atoms with Gasteiger partial charge in [0.2, 0.25) is 0 Å². The van der Waals surface area contributed by atoms with Gasteiger partial charge >= 0.3 is 12.1 Å². The van der Waals surface area contributed by atoms with Crippen molar-refractivity contribution in [3.63, 3.8) is 0 Å². The summed E-state index contributed by atoms with van der Waals surface area (Å²) in [6.07, 6.45) is 1.41. The van der Waals surface area contributed by atoms with Crippen LogP contribution in [0, 0.1) is 23.7 Å². The summed E-state index contributed by atoms with van der Waals surface area (Å²) in [6.45, 7) is 7.99. The maximum absolute atomic E-state index is 12.6. The van der Waals surface area contributed by atoms with Crippen LogP contribution in [0.15, 0.2) is 30.3 Å². The standard InChI is InChI=1S/C21H29NO4/c1-13-16-10-15(11-17(16)22-20(24)26-21(2,3)4)18(13)19(23)25-12-14-8-6-5-7-9-14/h5-9,13,15-18H,10-12H2,1-4H3,(H,22,24)/t13-,15?,16?,17?,18+/m0/s1. The molecule has 2 aliphatic carbocycles. The second kappa shape index (κ2) is 7.29. The quantitative estimate of drug-likeness (QED) is 0.828. The molecule has 1 amide bonds. The smallest absolute Gasteiger partial charge is 0.407 e. The van der Waals surface area contributed by atoms with E-state index in [1.165, 1.54) is 0 Å². The Hall–Kier alpha value is -2.04. The van der Waals surface area contributed by atoms with Gasteiger partial charge in [0.05, 0.1) is 5.92 Å². The summed E-state index contributed by atoms with van der Waals surface area (Å²) in [6, 6.07) is 9.83. The number of hydrogen-bond acceptors (Lipinski definition) is 4. The molecule has 26 heavy (non-hydrogen) atoms. The minimum atomic E-state index is -0.503. The molecule has 0 aromatic heterocycles. The van der Waals surface area contributed by atoms with Crippen LogP contribution < -0.4 is 5.32 Å². The molecular weight excluding hydrogens is 330 g/mol. The van der Waals surface area contributed by atoms with Crippen molar-refractivity contribution in [3.05, 3.63) is 35.9 Å². The molecule has 0 heterocycles. The summed E-state index contributed by atoms with van der Waals surface area (Å²) >= 11 is 0. The Labute approximate surface area is 155 Å². The lowest BCUT2D eigenvalue weighted by atomic mass is 9.78. The summed E-state index contributed by atoms with van der Waals surface area (Å²) < 4.78 is 10.9. The number of carbonyl (C=O) groups is 2. The van der Waals surface area contributed by atoms with Gasteiger partial charge in [0.15, 0.2) is 0 Å². The number of alkyl carbamates (subject to hydrolysis) is 1. The third kappa shape index (κ3) is 4.19. The average molecular weight is 359 g/mol. The van der Waals surface area contributed by atoms with E-state index in [1.54, 1.807) is 0 Å². The monoisotopic (exact) mass is 359 g/mol. The first-order chi connectivity index (χ1) is 12.2. The minimum absolute atomic E-state index is 0.0691. The Bertz CT molecular complexity index is 650. The molecule has 3 unspecified atom stereocenters. The first kappa shape index (κ1) is 18.7. The van der Waals surface area contributed by atoms with Gasteiger partial charge in [-0.25, -0.2) is 4.79 Å². The van der Waals surface area contributed by atoms with Gasteiger partial charge in [0.1, 0.15) is 12.2 Å². The van der Waals surface area contributed by atoms with E-state index in [1.807, 2.05) is 51.1 Å². The average Bonchev–Trinajstić information content (AvgIpc) is 3.09. The molecule has 0 aliphatic heterocycles. The number of benzene rings is 1. The molecule has 2 bridgehead atoms. The van der Waals surface area contributed by atoms with Gasteiger partial charge in [-0.05, 0) is 56.9 Å². The first-order valence-corrected chi connectivity index (χ1v) is 9.44. The van der Waals surface area contributed by atoms with Crippen LogP contribution in [0.4, 0.5) is 4.79 Å². The highest BCUT2D eigenvalue weighted by Gasteiger charge is 2.54. The van der Waals surface area contributed by atoms with E-state index < -0.39 is 5.60 Å². The number of ether oxygens (including phenoxy) is 2.